The van der Waals surface area contributed by atoms with Crippen LogP contribution in [0.5, 0.6) is 0 Å². The molecule has 2 N–H and O–H groups in total. The molecule has 0 fully saturated rings. The van der Waals surface area contributed by atoms with Gasteiger partial charge in [0, 0.05) is 0 Å². The van der Waals surface area contributed by atoms with E-state index in [9.17, 15) is 19.7 Å². The lowest BCUT2D eigenvalue weighted by Crippen LogP contribution is -2.40. The highest BCUT2D eigenvalue weighted by atomic mass is 35.5. The Labute approximate surface area is 113 Å². The lowest BCUT2D eigenvalue weighted by molar-refractivity contribution is -0.385. The summed E-state index contributed by atoms with van der Waals surface area (Å²) >= 11 is 5.66. The number of carbonyl (C=O) groups excluding carboxylic acids is 1. The fraction of sp³-hybridized carbons (Fsp3) is 0.273. The molecular formula is C11H11ClN2O5. The number of aliphatic carboxylic acids is 1. The van der Waals surface area contributed by atoms with Gasteiger partial charge in [-0.15, -0.1) is 0 Å². The fourth-order valence-corrected chi connectivity index (χ4v) is 1.70. The first-order valence-corrected chi connectivity index (χ1v) is 5.72. The zero-order chi connectivity index (χ0) is 14.6. The summed E-state index contributed by atoms with van der Waals surface area (Å²) in [6, 6.07) is 2.77. The number of carboxylic acids is 1. The number of carbonyl (C=O) groups is 2. The van der Waals surface area contributed by atoms with Crippen molar-refractivity contribution in [3.05, 3.63) is 38.9 Å². The quantitative estimate of drug-likeness (QED) is 0.634. The van der Waals surface area contributed by atoms with Crippen molar-refractivity contribution in [1.29, 1.82) is 0 Å². The van der Waals surface area contributed by atoms with Crippen molar-refractivity contribution >= 4 is 29.2 Å². The molecule has 0 saturated heterocycles. The van der Waals surface area contributed by atoms with Crippen molar-refractivity contribution in [3.63, 3.8) is 0 Å². The summed E-state index contributed by atoms with van der Waals surface area (Å²) in [6.45, 7) is 1.57. The number of nitro benzene ring substituents is 1. The average molecular weight is 287 g/mol. The Bertz CT molecular complexity index is 532. The molecule has 1 amide bonds. The van der Waals surface area contributed by atoms with Crippen LogP contribution in [0.25, 0.3) is 0 Å². The van der Waals surface area contributed by atoms with Crippen LogP contribution in [0, 0.1) is 10.1 Å². The van der Waals surface area contributed by atoms with Crippen LogP contribution in [0.15, 0.2) is 18.2 Å². The van der Waals surface area contributed by atoms with Crippen molar-refractivity contribution in [2.45, 2.75) is 19.4 Å². The molecule has 0 unspecified atom stereocenters. The van der Waals surface area contributed by atoms with Gasteiger partial charge >= 0.3 is 11.7 Å². The fourth-order valence-electron chi connectivity index (χ4n) is 1.46. The van der Waals surface area contributed by atoms with Crippen LogP contribution in [0.2, 0.25) is 5.02 Å². The van der Waals surface area contributed by atoms with E-state index in [1.54, 1.807) is 6.92 Å². The summed E-state index contributed by atoms with van der Waals surface area (Å²) in [5, 5.41) is 21.7. The molecule has 0 spiro atoms. The number of nitrogens with one attached hydrogen (secondary N) is 1. The first kappa shape index (κ1) is 14.9. The first-order valence-electron chi connectivity index (χ1n) is 5.35. The van der Waals surface area contributed by atoms with Crippen molar-refractivity contribution in [1.82, 2.24) is 5.32 Å². The van der Waals surface area contributed by atoms with E-state index in [0.717, 1.165) is 0 Å². The molecule has 19 heavy (non-hydrogen) atoms. The molecule has 0 aromatic heterocycles. The molecule has 1 atom stereocenters. The number of rotatable bonds is 5. The summed E-state index contributed by atoms with van der Waals surface area (Å²) in [4.78, 5) is 32.7. The highest BCUT2D eigenvalue weighted by molar-refractivity contribution is 6.33. The third-order valence-corrected chi connectivity index (χ3v) is 2.73. The second-order valence-electron chi connectivity index (χ2n) is 3.67. The van der Waals surface area contributed by atoms with Crippen LogP contribution in [0.4, 0.5) is 5.69 Å². The molecular weight excluding hydrogens is 276 g/mol. The van der Waals surface area contributed by atoms with Gasteiger partial charge in [0.15, 0.2) is 0 Å². The van der Waals surface area contributed by atoms with Gasteiger partial charge in [-0.25, -0.2) is 4.79 Å². The van der Waals surface area contributed by atoms with E-state index in [1.807, 2.05) is 0 Å². The molecule has 0 radical (unpaired) electrons. The lowest BCUT2D eigenvalue weighted by Gasteiger charge is -2.12. The topological polar surface area (TPSA) is 110 Å². The summed E-state index contributed by atoms with van der Waals surface area (Å²) < 4.78 is 0. The predicted octanol–water partition coefficient (Wildman–Crippen LogP) is 1.84. The SMILES string of the molecule is CC[C@@H](NC(=O)c1cccc(Cl)c1[N+](=O)[O-])C(=O)O. The maximum atomic E-state index is 11.9. The van der Waals surface area contributed by atoms with Gasteiger partial charge in [-0.2, -0.15) is 0 Å². The Morgan fingerprint density at radius 2 is 2.16 bits per heavy atom. The van der Waals surface area contributed by atoms with E-state index in [1.165, 1.54) is 18.2 Å². The van der Waals surface area contributed by atoms with Gasteiger partial charge in [0.1, 0.15) is 16.6 Å². The van der Waals surface area contributed by atoms with Crippen LogP contribution in [-0.4, -0.2) is 27.9 Å². The van der Waals surface area contributed by atoms with E-state index >= 15 is 0 Å². The predicted molar refractivity (Wildman–Crippen MR) is 67.3 cm³/mol. The normalized spacial score (nSPS) is 11.7. The minimum absolute atomic E-state index is 0.162. The van der Waals surface area contributed by atoms with Crippen LogP contribution >= 0.6 is 11.6 Å². The summed E-state index contributed by atoms with van der Waals surface area (Å²) in [5.74, 6) is -2.05. The number of halogens is 1. The van der Waals surface area contributed by atoms with Crippen LogP contribution in [0.3, 0.4) is 0 Å². The maximum absolute atomic E-state index is 11.9. The lowest BCUT2D eigenvalue weighted by atomic mass is 10.1. The van der Waals surface area contributed by atoms with Crippen LogP contribution in [0.1, 0.15) is 23.7 Å². The molecule has 8 heteroatoms. The third kappa shape index (κ3) is 3.41. The van der Waals surface area contributed by atoms with Crippen LogP contribution in [-0.2, 0) is 4.79 Å². The second-order valence-corrected chi connectivity index (χ2v) is 4.07. The molecule has 0 heterocycles. The molecule has 1 aromatic rings. The van der Waals surface area contributed by atoms with E-state index in [0.29, 0.717) is 0 Å². The minimum atomic E-state index is -1.21. The van der Waals surface area contributed by atoms with E-state index in [-0.39, 0.29) is 17.0 Å². The highest BCUT2D eigenvalue weighted by Crippen LogP contribution is 2.28. The molecule has 0 aliphatic rings. The number of nitrogens with zero attached hydrogens (tertiary/aromatic N) is 1. The third-order valence-electron chi connectivity index (χ3n) is 2.43. The average Bonchev–Trinajstić information content (AvgIpc) is 2.34. The number of para-hydroxylation sites is 1. The molecule has 102 valence electrons. The zero-order valence-electron chi connectivity index (χ0n) is 9.92. The van der Waals surface area contributed by atoms with E-state index in [2.05, 4.69) is 5.32 Å². The van der Waals surface area contributed by atoms with Crippen molar-refractivity contribution in [3.8, 4) is 0 Å². The number of benzene rings is 1. The van der Waals surface area contributed by atoms with Gasteiger partial charge < -0.3 is 10.4 Å². The molecule has 7 nitrogen and oxygen atoms in total. The molecule has 0 aliphatic heterocycles. The second kappa shape index (κ2) is 6.14. The standard InChI is InChI=1S/C11H11ClN2O5/c1-2-8(11(16)17)13-10(15)6-4-3-5-7(12)9(6)14(18)19/h3-5,8H,2H2,1H3,(H,13,15)(H,16,17)/t8-/m1/s1. The Morgan fingerprint density at radius 3 is 2.63 bits per heavy atom. The van der Waals surface area contributed by atoms with Crippen molar-refractivity contribution in [2.75, 3.05) is 0 Å². The number of nitro groups is 1. The van der Waals surface area contributed by atoms with Gasteiger partial charge in [-0.05, 0) is 18.6 Å². The Morgan fingerprint density at radius 1 is 1.53 bits per heavy atom. The summed E-state index contributed by atoms with van der Waals surface area (Å²) in [7, 11) is 0. The van der Waals surface area contributed by atoms with Gasteiger partial charge in [0.05, 0.1) is 4.92 Å². The summed E-state index contributed by atoms with van der Waals surface area (Å²) in [5.41, 5.74) is -0.806. The Hall–Kier alpha value is -2.15. The van der Waals surface area contributed by atoms with Gasteiger partial charge in [0.2, 0.25) is 0 Å². The molecule has 0 saturated carbocycles. The largest absolute Gasteiger partial charge is 0.480 e. The Balaban J connectivity index is 3.10. The van der Waals surface area contributed by atoms with Gasteiger partial charge in [-0.1, -0.05) is 24.6 Å². The van der Waals surface area contributed by atoms with E-state index in [4.69, 9.17) is 16.7 Å². The molecule has 1 aromatic carbocycles. The molecule has 0 aliphatic carbocycles. The Kier molecular flexibility index (Phi) is 4.82. The van der Waals surface area contributed by atoms with E-state index < -0.39 is 28.5 Å². The van der Waals surface area contributed by atoms with Crippen LogP contribution < -0.4 is 5.32 Å². The van der Waals surface area contributed by atoms with Crippen molar-refractivity contribution < 1.29 is 19.6 Å². The minimum Gasteiger partial charge on any atom is -0.480 e. The van der Waals surface area contributed by atoms with Gasteiger partial charge in [0.25, 0.3) is 5.91 Å². The number of carboxylic acid groups (broad SMARTS) is 1. The maximum Gasteiger partial charge on any atom is 0.326 e. The zero-order valence-corrected chi connectivity index (χ0v) is 10.7. The van der Waals surface area contributed by atoms with Gasteiger partial charge in [-0.3, -0.25) is 14.9 Å². The number of amides is 1. The number of hydrogen-bond donors (Lipinski definition) is 2. The highest BCUT2D eigenvalue weighted by Gasteiger charge is 2.26. The number of hydrogen-bond acceptors (Lipinski definition) is 4. The molecule has 0 bridgehead atoms. The smallest absolute Gasteiger partial charge is 0.326 e. The summed E-state index contributed by atoms with van der Waals surface area (Å²) in [6.07, 6.45) is 0.162. The molecule has 1 rings (SSSR count). The monoisotopic (exact) mass is 286 g/mol. The first-order chi connectivity index (χ1) is 8.88. The van der Waals surface area contributed by atoms with Crippen molar-refractivity contribution in [2.24, 2.45) is 0 Å².